The van der Waals surface area contributed by atoms with Gasteiger partial charge in [-0.2, -0.15) is 0 Å². The van der Waals surface area contributed by atoms with Gasteiger partial charge in [0.15, 0.2) is 6.54 Å². The fourth-order valence-electron chi connectivity index (χ4n) is 3.55. The van der Waals surface area contributed by atoms with Crippen LogP contribution in [0.15, 0.2) is 0 Å². The second-order valence-electron chi connectivity index (χ2n) is 5.48. The number of nitrogens with one attached hydrogen (secondary N) is 1. The molecule has 2 aliphatic rings. The number of quaternary nitrogens is 1. The lowest BCUT2D eigenvalue weighted by molar-refractivity contribution is -0.905. The molecule has 1 heterocycles. The van der Waals surface area contributed by atoms with Crippen LogP contribution >= 0.6 is 0 Å². The van der Waals surface area contributed by atoms with Crippen LogP contribution in [0.3, 0.4) is 0 Å². The number of carbonyl (C=O) groups is 1. The van der Waals surface area contributed by atoms with E-state index in [2.05, 4.69) is 0 Å². The minimum Gasteiger partial charge on any atom is -0.365 e. The van der Waals surface area contributed by atoms with Crippen molar-refractivity contribution in [1.82, 2.24) is 0 Å². The lowest BCUT2D eigenvalue weighted by atomic mass is 9.69. The Labute approximate surface area is 92.0 Å². The molecule has 0 aromatic carbocycles. The molecule has 1 spiro atoms. The summed E-state index contributed by atoms with van der Waals surface area (Å²) in [7, 11) is 0. The zero-order chi connectivity index (χ0) is 10.7. The first kappa shape index (κ1) is 10.9. The van der Waals surface area contributed by atoms with Crippen molar-refractivity contribution in [2.75, 3.05) is 19.6 Å². The predicted octanol–water partition coefficient (Wildman–Crippen LogP) is 0.101. The molecule has 1 atom stereocenters. The van der Waals surface area contributed by atoms with Crippen LogP contribution in [0.2, 0.25) is 0 Å². The number of nitrogens with two attached hydrogens (primary N) is 1. The highest BCUT2D eigenvalue weighted by atomic mass is 16.1. The Morgan fingerprint density at radius 1 is 1.13 bits per heavy atom. The molecular formula is C12H23N2O+. The van der Waals surface area contributed by atoms with Gasteiger partial charge in [-0.05, 0) is 25.7 Å². The smallest absolute Gasteiger partial charge is 0.272 e. The summed E-state index contributed by atoms with van der Waals surface area (Å²) < 4.78 is 0. The van der Waals surface area contributed by atoms with Crippen LogP contribution in [0, 0.1) is 5.41 Å². The third kappa shape index (κ3) is 2.71. The second-order valence-corrected chi connectivity index (χ2v) is 5.48. The van der Waals surface area contributed by atoms with Gasteiger partial charge in [0.2, 0.25) is 0 Å². The third-order valence-electron chi connectivity index (χ3n) is 4.20. The standard InChI is InChI=1S/C12H22N2O/c13-11(15)9-14-8-4-7-12(10-14)5-2-1-3-6-12/h1-10H2,(H2,13,15)/p+1. The molecule has 1 saturated heterocycles. The maximum absolute atomic E-state index is 10.9. The molecule has 1 aliphatic carbocycles. The number of piperidine rings is 1. The van der Waals surface area contributed by atoms with Crippen molar-refractivity contribution in [3.8, 4) is 0 Å². The summed E-state index contributed by atoms with van der Waals surface area (Å²) in [6.07, 6.45) is 9.63. The highest BCUT2D eigenvalue weighted by Crippen LogP contribution is 2.39. The number of hydrogen-bond acceptors (Lipinski definition) is 1. The summed E-state index contributed by atoms with van der Waals surface area (Å²) in [5, 5.41) is 0. The minimum absolute atomic E-state index is 0.141. The Bertz CT molecular complexity index is 228. The first-order valence-corrected chi connectivity index (χ1v) is 6.32. The molecule has 1 amide bonds. The summed E-state index contributed by atoms with van der Waals surface area (Å²) >= 11 is 0. The number of likely N-dealkylation sites (tertiary alicyclic amines) is 1. The van der Waals surface area contributed by atoms with E-state index < -0.39 is 0 Å². The van der Waals surface area contributed by atoms with E-state index in [0.717, 1.165) is 6.54 Å². The molecule has 1 aliphatic heterocycles. The van der Waals surface area contributed by atoms with Gasteiger partial charge in [-0.15, -0.1) is 0 Å². The van der Waals surface area contributed by atoms with Gasteiger partial charge < -0.3 is 10.6 Å². The topological polar surface area (TPSA) is 47.5 Å². The van der Waals surface area contributed by atoms with Gasteiger partial charge in [-0.25, -0.2) is 0 Å². The van der Waals surface area contributed by atoms with Crippen molar-refractivity contribution in [3.63, 3.8) is 0 Å². The Kier molecular flexibility index (Phi) is 3.29. The Morgan fingerprint density at radius 2 is 1.80 bits per heavy atom. The fourth-order valence-corrected chi connectivity index (χ4v) is 3.55. The molecule has 86 valence electrons. The van der Waals surface area contributed by atoms with E-state index >= 15 is 0 Å². The highest BCUT2D eigenvalue weighted by Gasteiger charge is 2.39. The number of amides is 1. The van der Waals surface area contributed by atoms with Crippen LogP contribution in [-0.2, 0) is 4.79 Å². The van der Waals surface area contributed by atoms with Crippen molar-refractivity contribution in [1.29, 1.82) is 0 Å². The monoisotopic (exact) mass is 211 g/mol. The van der Waals surface area contributed by atoms with E-state index in [-0.39, 0.29) is 5.91 Å². The average Bonchev–Trinajstić information content (AvgIpc) is 2.17. The second kappa shape index (κ2) is 4.52. The maximum Gasteiger partial charge on any atom is 0.272 e. The molecule has 3 N–H and O–H groups in total. The molecule has 1 saturated carbocycles. The first-order valence-electron chi connectivity index (χ1n) is 6.32. The van der Waals surface area contributed by atoms with Crippen molar-refractivity contribution in [3.05, 3.63) is 0 Å². The number of carbonyl (C=O) groups excluding carboxylic acids is 1. The van der Waals surface area contributed by atoms with Gasteiger partial charge in [-0.1, -0.05) is 19.3 Å². The van der Waals surface area contributed by atoms with Crippen molar-refractivity contribution >= 4 is 5.91 Å². The van der Waals surface area contributed by atoms with E-state index in [0.29, 0.717) is 12.0 Å². The van der Waals surface area contributed by atoms with Crippen LogP contribution < -0.4 is 10.6 Å². The number of rotatable bonds is 2. The van der Waals surface area contributed by atoms with Crippen LogP contribution in [0.4, 0.5) is 0 Å². The number of primary amides is 1. The molecule has 3 heteroatoms. The van der Waals surface area contributed by atoms with Crippen LogP contribution in [-0.4, -0.2) is 25.5 Å². The van der Waals surface area contributed by atoms with Crippen molar-refractivity contribution in [2.45, 2.75) is 44.9 Å². The molecule has 0 bridgehead atoms. The summed E-state index contributed by atoms with van der Waals surface area (Å²) in [6.45, 7) is 2.88. The molecule has 2 rings (SSSR count). The number of hydrogen-bond donors (Lipinski definition) is 2. The van der Waals surface area contributed by atoms with E-state index in [4.69, 9.17) is 5.73 Å². The zero-order valence-corrected chi connectivity index (χ0v) is 9.56. The minimum atomic E-state index is -0.141. The normalized spacial score (nSPS) is 30.3. The largest absolute Gasteiger partial charge is 0.365 e. The van der Waals surface area contributed by atoms with E-state index in [1.54, 1.807) is 0 Å². The molecule has 0 aromatic heterocycles. The Hall–Kier alpha value is -0.570. The molecule has 0 radical (unpaired) electrons. The van der Waals surface area contributed by atoms with E-state index in [1.807, 2.05) is 0 Å². The first-order chi connectivity index (χ1) is 7.20. The molecule has 3 nitrogen and oxygen atoms in total. The van der Waals surface area contributed by atoms with Gasteiger partial charge in [0.1, 0.15) is 0 Å². The highest BCUT2D eigenvalue weighted by molar-refractivity contribution is 5.74. The van der Waals surface area contributed by atoms with E-state index in [9.17, 15) is 4.79 Å². The summed E-state index contributed by atoms with van der Waals surface area (Å²) in [6, 6.07) is 0. The van der Waals surface area contributed by atoms with Crippen LogP contribution in [0.25, 0.3) is 0 Å². The SMILES string of the molecule is NC(=O)C[NH+]1CCCC2(CCCCC2)C1. The Morgan fingerprint density at radius 3 is 2.47 bits per heavy atom. The quantitative estimate of drug-likeness (QED) is 0.669. The lowest BCUT2D eigenvalue weighted by Crippen LogP contribution is -3.15. The maximum atomic E-state index is 10.9. The molecule has 2 fully saturated rings. The van der Waals surface area contributed by atoms with Gasteiger partial charge in [-0.3, -0.25) is 4.79 Å². The van der Waals surface area contributed by atoms with Crippen LogP contribution in [0.1, 0.15) is 44.9 Å². The van der Waals surface area contributed by atoms with Gasteiger partial charge in [0, 0.05) is 5.41 Å². The summed E-state index contributed by atoms with van der Waals surface area (Å²) in [5.41, 5.74) is 5.85. The average molecular weight is 211 g/mol. The molecule has 15 heavy (non-hydrogen) atoms. The van der Waals surface area contributed by atoms with Crippen molar-refractivity contribution < 1.29 is 9.69 Å². The zero-order valence-electron chi connectivity index (χ0n) is 9.56. The van der Waals surface area contributed by atoms with Crippen molar-refractivity contribution in [2.24, 2.45) is 11.1 Å². The molecule has 1 unspecified atom stereocenters. The fraction of sp³-hybridized carbons (Fsp3) is 0.917. The molecule has 0 aromatic rings. The van der Waals surface area contributed by atoms with Gasteiger partial charge >= 0.3 is 0 Å². The van der Waals surface area contributed by atoms with E-state index in [1.165, 1.54) is 56.4 Å². The molecular weight excluding hydrogens is 188 g/mol. The summed E-state index contributed by atoms with van der Waals surface area (Å²) in [4.78, 5) is 12.4. The van der Waals surface area contributed by atoms with Crippen LogP contribution in [0.5, 0.6) is 0 Å². The third-order valence-corrected chi connectivity index (χ3v) is 4.20. The Balaban J connectivity index is 1.93. The summed E-state index contributed by atoms with van der Waals surface area (Å²) in [5.74, 6) is -0.141. The lowest BCUT2D eigenvalue weighted by Gasteiger charge is -2.42. The predicted molar refractivity (Wildman–Crippen MR) is 59.5 cm³/mol. The van der Waals surface area contributed by atoms with Gasteiger partial charge in [0.25, 0.3) is 5.91 Å². The van der Waals surface area contributed by atoms with Gasteiger partial charge in [0.05, 0.1) is 13.1 Å².